The smallest absolute Gasteiger partial charge is 0.388 e. The lowest BCUT2D eigenvalue weighted by Crippen LogP contribution is -2.48. The van der Waals surface area contributed by atoms with Crippen LogP contribution in [0.4, 0.5) is 14.5 Å². The number of imidazole rings is 1. The Hall–Kier alpha value is -5.48. The summed E-state index contributed by atoms with van der Waals surface area (Å²) >= 11 is 0. The molecule has 14 nitrogen and oxygen atoms in total. The number of aromatic nitrogens is 5. The van der Waals surface area contributed by atoms with Gasteiger partial charge in [0.2, 0.25) is 17.7 Å². The number of carbonyl (C=O) groups is 3. The second kappa shape index (κ2) is 16.9. The first kappa shape index (κ1) is 42.8. The Morgan fingerprint density at radius 1 is 1.02 bits per heavy atom. The number of aliphatic hydroxyl groups is 1. The molecule has 2 aliphatic heterocycles. The van der Waals surface area contributed by atoms with Gasteiger partial charge >= 0.3 is 12.3 Å². The summed E-state index contributed by atoms with van der Waals surface area (Å²) in [5, 5.41) is 22.0. The van der Waals surface area contributed by atoms with Crippen LogP contribution in [0, 0.1) is 17.3 Å². The molecule has 9 rings (SSSR count). The van der Waals surface area contributed by atoms with Gasteiger partial charge in [-0.1, -0.05) is 18.2 Å². The topological polar surface area (TPSA) is 166 Å². The molecule has 0 radical (unpaired) electrons. The average molecular weight is 867 g/mol. The Bertz CT molecular complexity index is 2610. The van der Waals surface area contributed by atoms with Gasteiger partial charge in [-0.2, -0.15) is 13.9 Å². The van der Waals surface area contributed by atoms with Crippen LogP contribution in [0.1, 0.15) is 118 Å². The summed E-state index contributed by atoms with van der Waals surface area (Å²) in [6.07, 6.45) is 13.8. The van der Waals surface area contributed by atoms with Crippen molar-refractivity contribution in [3.63, 3.8) is 0 Å². The van der Waals surface area contributed by atoms with E-state index in [4.69, 9.17) is 5.10 Å². The lowest BCUT2D eigenvalue weighted by atomic mass is 9.56. The third-order valence-corrected chi connectivity index (χ3v) is 14.3. The van der Waals surface area contributed by atoms with Gasteiger partial charge in [-0.15, -0.1) is 0 Å². The average Bonchev–Trinajstić information content (AvgIpc) is 3.76. The van der Waals surface area contributed by atoms with Crippen LogP contribution in [0.3, 0.4) is 0 Å². The van der Waals surface area contributed by atoms with E-state index in [1.807, 2.05) is 23.0 Å². The number of alkyl halides is 2. The van der Waals surface area contributed by atoms with Crippen molar-refractivity contribution in [1.82, 2.24) is 34.1 Å². The number of nitrogens with zero attached hydrogens (tertiary/aromatic N) is 6. The summed E-state index contributed by atoms with van der Waals surface area (Å²) in [6, 6.07) is 13.2. The van der Waals surface area contributed by atoms with E-state index in [-0.39, 0.29) is 35.6 Å². The fraction of sp³-hybridized carbons (Fsp3) is 0.532. The van der Waals surface area contributed by atoms with Crippen LogP contribution in [0.25, 0.3) is 21.9 Å². The number of halogens is 2. The molecule has 5 aromatic rings. The minimum absolute atomic E-state index is 0.0974. The van der Waals surface area contributed by atoms with Gasteiger partial charge < -0.3 is 20.1 Å². The van der Waals surface area contributed by atoms with E-state index < -0.39 is 30.1 Å². The largest absolute Gasteiger partial charge is 0.417 e. The Balaban J connectivity index is 0.756. The number of fused-ring (bicyclic) bond motifs is 2. The molecule has 0 bridgehead atoms. The highest BCUT2D eigenvalue weighted by molar-refractivity contribution is 6.04. The molecule has 63 heavy (non-hydrogen) atoms. The van der Waals surface area contributed by atoms with Crippen LogP contribution in [-0.4, -0.2) is 77.9 Å². The van der Waals surface area contributed by atoms with Crippen molar-refractivity contribution in [2.45, 2.75) is 115 Å². The quantitative estimate of drug-likeness (QED) is 0.112. The van der Waals surface area contributed by atoms with E-state index in [2.05, 4.69) is 31.3 Å². The number of nitrogens with one attached hydrogen (secondary N) is 2. The maximum atomic E-state index is 13.4. The van der Waals surface area contributed by atoms with Crippen LogP contribution in [0.5, 0.6) is 5.88 Å². The fourth-order valence-corrected chi connectivity index (χ4v) is 11.0. The molecule has 3 amide bonds. The molecule has 3 N–H and O–H groups in total. The Labute approximate surface area is 364 Å². The number of likely N-dealkylation sites (tertiary alicyclic amines) is 1. The van der Waals surface area contributed by atoms with Gasteiger partial charge in [-0.3, -0.25) is 33.5 Å². The minimum Gasteiger partial charge on any atom is -0.417 e. The van der Waals surface area contributed by atoms with E-state index in [0.717, 1.165) is 80.1 Å². The summed E-state index contributed by atoms with van der Waals surface area (Å²) in [6.45, 7) is 3.60. The molecular weight excluding hydrogens is 811 g/mol. The van der Waals surface area contributed by atoms with E-state index in [1.54, 1.807) is 42.2 Å². The Kier molecular flexibility index (Phi) is 11.5. The van der Waals surface area contributed by atoms with Gasteiger partial charge in [0.15, 0.2) is 0 Å². The molecule has 2 saturated heterocycles. The number of aryl methyl sites for hydroxylation is 2. The van der Waals surface area contributed by atoms with Crippen LogP contribution in [0.2, 0.25) is 0 Å². The van der Waals surface area contributed by atoms with Crippen LogP contribution >= 0.6 is 0 Å². The van der Waals surface area contributed by atoms with Gasteiger partial charge in [0.05, 0.1) is 28.2 Å². The van der Waals surface area contributed by atoms with Crippen molar-refractivity contribution in [2.75, 3.05) is 25.0 Å². The highest BCUT2D eigenvalue weighted by atomic mass is 19.3. The molecule has 3 aromatic heterocycles. The van der Waals surface area contributed by atoms with Gasteiger partial charge in [0.1, 0.15) is 11.7 Å². The fourth-order valence-electron chi connectivity index (χ4n) is 11.0. The van der Waals surface area contributed by atoms with E-state index in [0.29, 0.717) is 40.4 Å². The Morgan fingerprint density at radius 3 is 2.48 bits per heavy atom. The third kappa shape index (κ3) is 8.76. The lowest BCUT2D eigenvalue weighted by molar-refractivity contribution is -0.135. The van der Waals surface area contributed by atoms with Gasteiger partial charge in [0, 0.05) is 48.9 Å². The first-order valence-electron chi connectivity index (χ1n) is 22.4. The van der Waals surface area contributed by atoms with Gasteiger partial charge in [-0.05, 0) is 145 Å². The lowest BCUT2D eigenvalue weighted by Gasteiger charge is -2.53. The summed E-state index contributed by atoms with van der Waals surface area (Å²) in [7, 11) is 1.77. The number of rotatable bonds is 12. The summed E-state index contributed by atoms with van der Waals surface area (Å²) in [4.78, 5) is 57.6. The number of piperidine rings is 2. The van der Waals surface area contributed by atoms with Gasteiger partial charge in [0.25, 0.3) is 5.91 Å². The monoisotopic (exact) mass is 866 g/mol. The maximum absolute atomic E-state index is 13.4. The molecule has 2 saturated carbocycles. The summed E-state index contributed by atoms with van der Waals surface area (Å²) < 4.78 is 35.1. The number of anilines is 1. The zero-order valence-electron chi connectivity index (χ0n) is 36.1. The van der Waals surface area contributed by atoms with Crippen molar-refractivity contribution in [3.8, 4) is 5.88 Å². The normalized spacial score (nSPS) is 22.2. The molecular formula is C47H56F2N8O6. The molecule has 16 heteroatoms. The maximum Gasteiger partial charge on any atom is 0.388 e. The van der Waals surface area contributed by atoms with Crippen molar-refractivity contribution < 1.29 is 33.0 Å². The zero-order chi connectivity index (χ0) is 44.2. The van der Waals surface area contributed by atoms with E-state index >= 15 is 0 Å². The molecule has 1 spiro atoms. The number of hydrogen-bond donors (Lipinski definition) is 3. The molecule has 5 heterocycles. The van der Waals surface area contributed by atoms with Crippen LogP contribution < -0.4 is 21.1 Å². The van der Waals surface area contributed by atoms with Crippen molar-refractivity contribution >= 4 is 45.3 Å². The SMILES string of the molecule is Cn1c(=O)n(C2CCC(=O)NC2=O)c2cccc(CCC3CC4(CCN(C[C@H]5CC[C@H](n6cc7cc(NC(=O)c8cccc(OC(F)F)n8)c(C(C)(C)O)cc7n6)CC5)CC4)C3)c21. The zero-order valence-corrected chi connectivity index (χ0v) is 36.1. The van der Waals surface area contributed by atoms with Crippen molar-refractivity contribution in [1.29, 1.82) is 0 Å². The Morgan fingerprint density at radius 2 is 1.76 bits per heavy atom. The summed E-state index contributed by atoms with van der Waals surface area (Å²) in [5.74, 6) is -0.383. The number of para-hydroxylation sites is 1. The third-order valence-electron chi connectivity index (χ3n) is 14.3. The number of carbonyl (C=O) groups excluding carboxylic acids is 3. The highest BCUT2D eigenvalue weighted by Crippen LogP contribution is 2.54. The van der Waals surface area contributed by atoms with Crippen LogP contribution in [-0.2, 0) is 28.7 Å². The minimum atomic E-state index is -3.07. The number of pyridine rings is 1. The first-order valence-corrected chi connectivity index (χ1v) is 22.4. The second-order valence-corrected chi connectivity index (χ2v) is 19.1. The molecule has 2 aliphatic carbocycles. The standard InChI is InChI=1S/C47H56F2N8O6/c1-46(2,62)33-23-35-31(22-36(33)51-42(59)34-7-5-9-40(50-34)63-44(48)49)27-56(53-35)32-14-11-28(12-15-32)26-55-20-18-47(19-21-55)24-29(25-47)10-13-30-6-4-8-37-41(30)54(3)45(61)57(37)38-16-17-39(58)52-43(38)60/h4-9,22-23,27-29,32,38,44,62H,10-21,24-26H2,1-3H3,(H,51,59)(H,52,58,60)/t28-,32-,38?. The number of benzene rings is 2. The van der Waals surface area contributed by atoms with Crippen LogP contribution in [0.15, 0.2) is 59.5 Å². The molecule has 334 valence electrons. The van der Waals surface area contributed by atoms with Crippen molar-refractivity contribution in [2.24, 2.45) is 24.3 Å². The molecule has 1 atom stereocenters. The first-order chi connectivity index (χ1) is 30.1. The van der Waals surface area contributed by atoms with Gasteiger partial charge in [-0.25, -0.2) is 9.78 Å². The molecule has 2 aromatic carbocycles. The molecule has 4 aliphatic rings. The molecule has 4 fully saturated rings. The second-order valence-electron chi connectivity index (χ2n) is 19.1. The number of ether oxygens (including phenoxy) is 1. The van der Waals surface area contributed by atoms with E-state index in [9.17, 15) is 33.1 Å². The number of imide groups is 1. The van der Waals surface area contributed by atoms with Crippen molar-refractivity contribution in [3.05, 3.63) is 82.0 Å². The number of hydrogen-bond acceptors (Lipinski definition) is 9. The predicted octanol–water partition coefficient (Wildman–Crippen LogP) is 7.00. The molecule has 1 unspecified atom stereocenters. The summed E-state index contributed by atoms with van der Waals surface area (Å²) in [5.41, 5.74) is 3.14. The predicted molar refractivity (Wildman–Crippen MR) is 233 cm³/mol. The van der Waals surface area contributed by atoms with E-state index in [1.165, 1.54) is 43.9 Å². The highest BCUT2D eigenvalue weighted by Gasteiger charge is 2.45. The number of amides is 3.